The second-order valence-corrected chi connectivity index (χ2v) is 4.84. The fourth-order valence-electron chi connectivity index (χ4n) is 1.95. The molecule has 0 aliphatic carbocycles. The first-order valence-corrected chi connectivity index (χ1v) is 7.25. The maximum absolute atomic E-state index is 11.7. The maximum atomic E-state index is 11.7. The van der Waals surface area contributed by atoms with Crippen LogP contribution in [-0.2, 0) is 16.0 Å². The molecule has 4 heteroatoms. The lowest BCUT2D eigenvalue weighted by Crippen LogP contribution is -2.36. The van der Waals surface area contributed by atoms with Gasteiger partial charge in [-0.2, -0.15) is 0 Å². The highest BCUT2D eigenvalue weighted by Crippen LogP contribution is 1.99. The summed E-state index contributed by atoms with van der Waals surface area (Å²) in [6, 6.07) is 9.81. The number of amides is 2. The van der Waals surface area contributed by atoms with Gasteiger partial charge in [-0.3, -0.25) is 9.59 Å². The van der Waals surface area contributed by atoms with Gasteiger partial charge >= 0.3 is 0 Å². The summed E-state index contributed by atoms with van der Waals surface area (Å²) < 4.78 is 0. The van der Waals surface area contributed by atoms with Crippen LogP contribution in [0.4, 0.5) is 0 Å². The van der Waals surface area contributed by atoms with Crippen molar-refractivity contribution in [2.24, 2.45) is 0 Å². The van der Waals surface area contributed by atoms with Gasteiger partial charge in [0.2, 0.25) is 11.8 Å². The SMILES string of the molecule is CCC(CC)NC(=O)CCNC(=O)Cc1ccccc1. The van der Waals surface area contributed by atoms with E-state index in [1.54, 1.807) is 0 Å². The zero-order chi connectivity index (χ0) is 14.8. The molecule has 0 aliphatic rings. The van der Waals surface area contributed by atoms with E-state index in [1.807, 2.05) is 30.3 Å². The van der Waals surface area contributed by atoms with Gasteiger partial charge in [-0.15, -0.1) is 0 Å². The van der Waals surface area contributed by atoms with Gasteiger partial charge in [0.05, 0.1) is 6.42 Å². The average Bonchev–Trinajstić information content (AvgIpc) is 2.45. The number of hydrogen-bond donors (Lipinski definition) is 2. The van der Waals surface area contributed by atoms with Crippen LogP contribution >= 0.6 is 0 Å². The molecule has 0 aromatic heterocycles. The minimum atomic E-state index is -0.0495. The van der Waals surface area contributed by atoms with E-state index in [2.05, 4.69) is 24.5 Å². The Balaban J connectivity index is 2.20. The maximum Gasteiger partial charge on any atom is 0.224 e. The van der Waals surface area contributed by atoms with Crippen molar-refractivity contribution in [2.45, 2.75) is 45.6 Å². The van der Waals surface area contributed by atoms with Crippen molar-refractivity contribution in [3.05, 3.63) is 35.9 Å². The van der Waals surface area contributed by atoms with Crippen LogP contribution in [0.2, 0.25) is 0 Å². The molecule has 0 bridgehead atoms. The van der Waals surface area contributed by atoms with E-state index in [0.717, 1.165) is 18.4 Å². The van der Waals surface area contributed by atoms with Gasteiger partial charge in [-0.05, 0) is 18.4 Å². The molecule has 0 spiro atoms. The van der Waals surface area contributed by atoms with E-state index in [-0.39, 0.29) is 17.9 Å². The molecule has 110 valence electrons. The van der Waals surface area contributed by atoms with Gasteiger partial charge in [0.1, 0.15) is 0 Å². The van der Waals surface area contributed by atoms with E-state index < -0.39 is 0 Å². The van der Waals surface area contributed by atoms with E-state index in [1.165, 1.54) is 0 Å². The fourth-order valence-corrected chi connectivity index (χ4v) is 1.95. The Morgan fingerprint density at radius 2 is 1.70 bits per heavy atom. The largest absolute Gasteiger partial charge is 0.355 e. The first-order chi connectivity index (χ1) is 9.65. The number of carbonyl (C=O) groups excluding carboxylic acids is 2. The molecule has 20 heavy (non-hydrogen) atoms. The molecule has 0 atom stereocenters. The highest BCUT2D eigenvalue weighted by Gasteiger charge is 2.08. The fraction of sp³-hybridized carbons (Fsp3) is 0.500. The van der Waals surface area contributed by atoms with Gasteiger partial charge in [-0.1, -0.05) is 44.2 Å². The topological polar surface area (TPSA) is 58.2 Å². The minimum absolute atomic E-state index is 0.00119. The monoisotopic (exact) mass is 276 g/mol. The quantitative estimate of drug-likeness (QED) is 0.763. The first kappa shape index (κ1) is 16.2. The zero-order valence-electron chi connectivity index (χ0n) is 12.3. The van der Waals surface area contributed by atoms with Crippen molar-refractivity contribution < 1.29 is 9.59 Å². The lowest BCUT2D eigenvalue weighted by atomic mass is 10.1. The average molecular weight is 276 g/mol. The summed E-state index contributed by atoms with van der Waals surface area (Å²) in [7, 11) is 0. The number of benzene rings is 1. The number of carbonyl (C=O) groups is 2. The smallest absolute Gasteiger partial charge is 0.224 e. The van der Waals surface area contributed by atoms with Crippen molar-refractivity contribution in [1.82, 2.24) is 10.6 Å². The predicted octanol–water partition coefficient (Wildman–Crippen LogP) is 2.04. The Morgan fingerprint density at radius 1 is 1.05 bits per heavy atom. The lowest BCUT2D eigenvalue weighted by molar-refractivity contribution is -0.122. The van der Waals surface area contributed by atoms with Crippen LogP contribution in [0.5, 0.6) is 0 Å². The third-order valence-electron chi connectivity index (χ3n) is 3.23. The predicted molar refractivity (Wildman–Crippen MR) is 80.3 cm³/mol. The van der Waals surface area contributed by atoms with Gasteiger partial charge in [0.25, 0.3) is 0 Å². The van der Waals surface area contributed by atoms with Crippen LogP contribution in [-0.4, -0.2) is 24.4 Å². The van der Waals surface area contributed by atoms with Crippen molar-refractivity contribution in [2.75, 3.05) is 6.54 Å². The standard InChI is InChI=1S/C16H24N2O2/c1-3-14(4-2)18-15(19)10-11-17-16(20)12-13-8-6-5-7-9-13/h5-9,14H,3-4,10-12H2,1-2H3,(H,17,20)(H,18,19). The molecule has 0 unspecified atom stereocenters. The van der Waals surface area contributed by atoms with Crippen LogP contribution in [0, 0.1) is 0 Å². The molecule has 0 heterocycles. The van der Waals surface area contributed by atoms with Crippen molar-refractivity contribution in [3.8, 4) is 0 Å². The van der Waals surface area contributed by atoms with E-state index >= 15 is 0 Å². The molecule has 0 aliphatic heterocycles. The van der Waals surface area contributed by atoms with E-state index in [4.69, 9.17) is 0 Å². The minimum Gasteiger partial charge on any atom is -0.355 e. The molecule has 2 amide bonds. The molecule has 0 saturated carbocycles. The molecular formula is C16H24N2O2. The van der Waals surface area contributed by atoms with Crippen LogP contribution in [0.3, 0.4) is 0 Å². The van der Waals surface area contributed by atoms with Gasteiger partial charge in [0.15, 0.2) is 0 Å². The van der Waals surface area contributed by atoms with Crippen LogP contribution in [0.1, 0.15) is 38.7 Å². The third-order valence-corrected chi connectivity index (χ3v) is 3.23. The van der Waals surface area contributed by atoms with Crippen LogP contribution in [0.15, 0.2) is 30.3 Å². The Morgan fingerprint density at radius 3 is 2.30 bits per heavy atom. The number of hydrogen-bond acceptors (Lipinski definition) is 2. The summed E-state index contributed by atoms with van der Waals surface area (Å²) in [6.45, 7) is 4.49. The van der Waals surface area contributed by atoms with E-state index in [9.17, 15) is 9.59 Å². The first-order valence-electron chi connectivity index (χ1n) is 7.25. The Kier molecular flexibility index (Phi) is 7.40. The second-order valence-electron chi connectivity index (χ2n) is 4.84. The molecule has 1 rings (SSSR count). The normalized spacial score (nSPS) is 10.3. The Hall–Kier alpha value is -1.84. The Bertz CT molecular complexity index is 414. The van der Waals surface area contributed by atoms with E-state index in [0.29, 0.717) is 19.4 Å². The summed E-state index contributed by atoms with van der Waals surface area (Å²) in [5.74, 6) is -0.0507. The van der Waals surface area contributed by atoms with Crippen LogP contribution < -0.4 is 10.6 Å². The van der Waals surface area contributed by atoms with Crippen molar-refractivity contribution >= 4 is 11.8 Å². The molecule has 0 saturated heterocycles. The van der Waals surface area contributed by atoms with Crippen molar-refractivity contribution in [1.29, 1.82) is 0 Å². The molecule has 0 radical (unpaired) electrons. The molecule has 1 aromatic carbocycles. The molecule has 4 nitrogen and oxygen atoms in total. The second kappa shape index (κ2) is 9.13. The molecule has 0 fully saturated rings. The van der Waals surface area contributed by atoms with Gasteiger partial charge in [0, 0.05) is 19.0 Å². The summed E-state index contributed by atoms with van der Waals surface area (Å²) >= 11 is 0. The number of rotatable bonds is 8. The molecular weight excluding hydrogens is 252 g/mol. The summed E-state index contributed by atoms with van der Waals surface area (Å²) in [5.41, 5.74) is 0.978. The van der Waals surface area contributed by atoms with Gasteiger partial charge < -0.3 is 10.6 Å². The molecule has 2 N–H and O–H groups in total. The molecule has 1 aromatic rings. The lowest BCUT2D eigenvalue weighted by Gasteiger charge is -2.14. The Labute approximate surface area is 121 Å². The summed E-state index contributed by atoms with van der Waals surface area (Å²) in [6.07, 6.45) is 2.55. The van der Waals surface area contributed by atoms with Crippen molar-refractivity contribution in [3.63, 3.8) is 0 Å². The number of nitrogens with one attached hydrogen (secondary N) is 2. The van der Waals surface area contributed by atoms with Gasteiger partial charge in [-0.25, -0.2) is 0 Å². The van der Waals surface area contributed by atoms with Crippen LogP contribution in [0.25, 0.3) is 0 Å². The summed E-state index contributed by atoms with van der Waals surface area (Å²) in [5, 5.41) is 5.72. The highest BCUT2D eigenvalue weighted by molar-refractivity contribution is 5.80. The summed E-state index contributed by atoms with van der Waals surface area (Å²) in [4.78, 5) is 23.3. The third kappa shape index (κ3) is 6.36. The zero-order valence-corrected chi connectivity index (χ0v) is 12.3. The highest BCUT2D eigenvalue weighted by atomic mass is 16.2.